The highest BCUT2D eigenvalue weighted by molar-refractivity contribution is 5.87. The quantitative estimate of drug-likeness (QED) is 0.776. The zero-order chi connectivity index (χ0) is 13.7. The summed E-state index contributed by atoms with van der Waals surface area (Å²) in [7, 11) is 0. The van der Waals surface area contributed by atoms with Gasteiger partial charge in [-0.05, 0) is 44.0 Å². The largest absolute Gasteiger partial charge is 0.478 e. The van der Waals surface area contributed by atoms with Crippen LogP contribution in [0.1, 0.15) is 35.2 Å². The van der Waals surface area contributed by atoms with Crippen molar-refractivity contribution in [1.82, 2.24) is 5.32 Å². The monoisotopic (exact) mass is 267 g/mol. The molecule has 0 radical (unpaired) electrons. The minimum absolute atomic E-state index is 0.109. The van der Waals surface area contributed by atoms with Crippen LogP contribution in [0.15, 0.2) is 18.2 Å². The molecule has 0 aliphatic carbocycles. The molecule has 1 fully saturated rings. The lowest BCUT2D eigenvalue weighted by Gasteiger charge is -2.10. The molecule has 1 unspecified atom stereocenters. The van der Waals surface area contributed by atoms with Gasteiger partial charge in [-0.3, -0.25) is 0 Å². The number of hydrogen-bond donors (Lipinski definition) is 2. The van der Waals surface area contributed by atoms with E-state index in [2.05, 4.69) is 5.32 Å². The van der Waals surface area contributed by atoms with Crippen molar-refractivity contribution >= 4 is 5.97 Å². The second-order valence-electron chi connectivity index (χ2n) is 4.71. The molecular formula is C14H18FNO3. The van der Waals surface area contributed by atoms with Crippen LogP contribution in [-0.4, -0.2) is 30.3 Å². The third-order valence-electron chi connectivity index (χ3n) is 3.28. The topological polar surface area (TPSA) is 58.6 Å². The fourth-order valence-electron chi connectivity index (χ4n) is 2.20. The number of aromatic carboxylic acids is 1. The summed E-state index contributed by atoms with van der Waals surface area (Å²) < 4.78 is 19.0. The highest BCUT2D eigenvalue weighted by Crippen LogP contribution is 2.15. The Kier molecular flexibility index (Phi) is 4.87. The Bertz CT molecular complexity index is 444. The maximum atomic E-state index is 13.5. The third kappa shape index (κ3) is 4.01. The fraction of sp³-hybridized carbons (Fsp3) is 0.500. The van der Waals surface area contributed by atoms with E-state index in [9.17, 15) is 9.18 Å². The summed E-state index contributed by atoms with van der Waals surface area (Å²) in [5.41, 5.74) is 0.490. The first kappa shape index (κ1) is 14.0. The van der Waals surface area contributed by atoms with Crippen molar-refractivity contribution in [2.45, 2.75) is 31.9 Å². The normalized spacial score (nSPS) is 18.7. The maximum absolute atomic E-state index is 13.5. The number of ether oxygens (including phenoxy) is 1. The second-order valence-corrected chi connectivity index (χ2v) is 4.71. The summed E-state index contributed by atoms with van der Waals surface area (Å²) in [5.74, 6) is -1.42. The highest BCUT2D eigenvalue weighted by atomic mass is 19.1. The van der Waals surface area contributed by atoms with Crippen molar-refractivity contribution in [3.63, 3.8) is 0 Å². The van der Waals surface area contributed by atoms with Crippen LogP contribution in [0.5, 0.6) is 0 Å². The van der Waals surface area contributed by atoms with Gasteiger partial charge in [-0.25, -0.2) is 9.18 Å². The number of benzene rings is 1. The molecule has 1 aliphatic rings. The highest BCUT2D eigenvalue weighted by Gasteiger charge is 2.14. The van der Waals surface area contributed by atoms with Crippen molar-refractivity contribution < 1.29 is 19.0 Å². The summed E-state index contributed by atoms with van der Waals surface area (Å²) in [4.78, 5) is 10.8. The van der Waals surface area contributed by atoms with Crippen LogP contribution < -0.4 is 5.32 Å². The molecule has 0 spiro atoms. The van der Waals surface area contributed by atoms with Crippen molar-refractivity contribution in [2.75, 3.05) is 13.2 Å². The van der Waals surface area contributed by atoms with Gasteiger partial charge in [-0.1, -0.05) is 0 Å². The lowest BCUT2D eigenvalue weighted by Crippen LogP contribution is -2.20. The van der Waals surface area contributed by atoms with Crippen LogP contribution in [0.3, 0.4) is 0 Å². The van der Waals surface area contributed by atoms with Gasteiger partial charge >= 0.3 is 5.97 Å². The fourth-order valence-corrected chi connectivity index (χ4v) is 2.20. The molecule has 104 valence electrons. The number of halogens is 1. The summed E-state index contributed by atoms with van der Waals surface area (Å²) in [6.45, 7) is 1.90. The molecule has 5 heteroatoms. The van der Waals surface area contributed by atoms with Gasteiger partial charge in [0, 0.05) is 18.7 Å². The smallest absolute Gasteiger partial charge is 0.335 e. The van der Waals surface area contributed by atoms with E-state index < -0.39 is 5.97 Å². The molecule has 0 aromatic heterocycles. The van der Waals surface area contributed by atoms with Crippen LogP contribution in [0.4, 0.5) is 4.39 Å². The maximum Gasteiger partial charge on any atom is 0.335 e. The number of hydrogen-bond acceptors (Lipinski definition) is 3. The summed E-state index contributed by atoms with van der Waals surface area (Å²) in [6, 6.07) is 3.84. The molecule has 4 nitrogen and oxygen atoms in total. The number of rotatable bonds is 6. The molecule has 1 aliphatic heterocycles. The average Bonchev–Trinajstić information content (AvgIpc) is 2.89. The number of nitrogens with one attached hydrogen (secondary N) is 1. The molecule has 2 rings (SSSR count). The Morgan fingerprint density at radius 1 is 1.53 bits per heavy atom. The van der Waals surface area contributed by atoms with E-state index in [0.29, 0.717) is 18.2 Å². The molecule has 1 aromatic carbocycles. The standard InChI is InChI=1S/C14H18FNO3/c15-13-4-3-10(14(17)18)8-11(13)9-16-6-5-12-2-1-7-19-12/h3-4,8,12,16H,1-2,5-7,9H2,(H,17,18). The number of carbonyl (C=O) groups is 1. The van der Waals surface area contributed by atoms with Gasteiger partial charge in [0.25, 0.3) is 0 Å². The van der Waals surface area contributed by atoms with Crippen LogP contribution in [-0.2, 0) is 11.3 Å². The van der Waals surface area contributed by atoms with Gasteiger partial charge in [-0.15, -0.1) is 0 Å². The van der Waals surface area contributed by atoms with Crippen molar-refractivity contribution in [3.8, 4) is 0 Å². The van der Waals surface area contributed by atoms with E-state index in [-0.39, 0.29) is 11.4 Å². The van der Waals surface area contributed by atoms with E-state index in [4.69, 9.17) is 9.84 Å². The van der Waals surface area contributed by atoms with E-state index in [0.717, 1.165) is 32.4 Å². The molecule has 2 N–H and O–H groups in total. The summed E-state index contributed by atoms with van der Waals surface area (Å²) >= 11 is 0. The van der Waals surface area contributed by atoms with Crippen molar-refractivity contribution in [3.05, 3.63) is 35.1 Å². The molecule has 1 atom stereocenters. The molecule has 1 aromatic rings. The third-order valence-corrected chi connectivity index (χ3v) is 3.28. The van der Waals surface area contributed by atoms with Gasteiger partial charge < -0.3 is 15.2 Å². The van der Waals surface area contributed by atoms with Crippen LogP contribution in [0.2, 0.25) is 0 Å². The van der Waals surface area contributed by atoms with Gasteiger partial charge in [0.2, 0.25) is 0 Å². The van der Waals surface area contributed by atoms with Crippen LogP contribution in [0, 0.1) is 5.82 Å². The molecule has 1 saturated heterocycles. The predicted octanol–water partition coefficient (Wildman–Crippen LogP) is 2.18. The first-order chi connectivity index (χ1) is 9.16. The minimum atomic E-state index is -1.04. The molecule has 0 bridgehead atoms. The van der Waals surface area contributed by atoms with Gasteiger partial charge in [0.1, 0.15) is 5.82 Å². The Morgan fingerprint density at radius 3 is 3.05 bits per heavy atom. The first-order valence-corrected chi connectivity index (χ1v) is 6.51. The Balaban J connectivity index is 1.81. The Hall–Kier alpha value is -1.46. The second kappa shape index (κ2) is 6.63. The summed E-state index contributed by atoms with van der Waals surface area (Å²) in [6.07, 6.45) is 3.41. The van der Waals surface area contributed by atoms with Gasteiger partial charge in [0.15, 0.2) is 0 Å². The molecule has 0 saturated carbocycles. The van der Waals surface area contributed by atoms with E-state index in [1.807, 2.05) is 0 Å². The molecule has 19 heavy (non-hydrogen) atoms. The number of carboxylic acids is 1. The average molecular weight is 267 g/mol. The lowest BCUT2D eigenvalue weighted by atomic mass is 10.1. The van der Waals surface area contributed by atoms with E-state index in [1.54, 1.807) is 0 Å². The van der Waals surface area contributed by atoms with E-state index >= 15 is 0 Å². The SMILES string of the molecule is O=C(O)c1ccc(F)c(CNCCC2CCCO2)c1. The minimum Gasteiger partial charge on any atom is -0.478 e. The molecule has 0 amide bonds. The summed E-state index contributed by atoms with van der Waals surface area (Å²) in [5, 5.41) is 12.0. The van der Waals surface area contributed by atoms with Crippen LogP contribution >= 0.6 is 0 Å². The molecular weight excluding hydrogens is 249 g/mol. The van der Waals surface area contributed by atoms with Gasteiger partial charge in [-0.2, -0.15) is 0 Å². The molecule has 1 heterocycles. The van der Waals surface area contributed by atoms with E-state index in [1.165, 1.54) is 18.2 Å². The zero-order valence-electron chi connectivity index (χ0n) is 10.7. The predicted molar refractivity (Wildman–Crippen MR) is 68.7 cm³/mol. The zero-order valence-corrected chi connectivity index (χ0v) is 10.7. The lowest BCUT2D eigenvalue weighted by molar-refractivity contribution is 0.0696. The Morgan fingerprint density at radius 2 is 2.37 bits per heavy atom. The van der Waals surface area contributed by atoms with Crippen LogP contribution in [0.25, 0.3) is 0 Å². The van der Waals surface area contributed by atoms with Gasteiger partial charge in [0.05, 0.1) is 11.7 Å². The van der Waals surface area contributed by atoms with Crippen molar-refractivity contribution in [1.29, 1.82) is 0 Å². The van der Waals surface area contributed by atoms with Crippen molar-refractivity contribution in [2.24, 2.45) is 0 Å². The Labute approximate surface area is 111 Å². The number of carboxylic acid groups (broad SMARTS) is 1. The first-order valence-electron chi connectivity index (χ1n) is 6.51.